The molecule has 0 spiro atoms. The van der Waals surface area contributed by atoms with Gasteiger partial charge in [-0.05, 0) is 196 Å². The number of esters is 1. The number of aryl methyl sites for hydroxylation is 6. The number of carbonyl (C=O) groups excluding carboxylic acids is 3. The number of para-hydroxylation sites is 2. The summed E-state index contributed by atoms with van der Waals surface area (Å²) in [5.41, 5.74) is 11.6. The van der Waals surface area contributed by atoms with Crippen LogP contribution in [0.2, 0.25) is 0 Å². The zero-order chi connectivity index (χ0) is 61.2. The topological polar surface area (TPSA) is 240 Å². The van der Waals surface area contributed by atoms with Gasteiger partial charge in [-0.3, -0.25) is 24.0 Å². The van der Waals surface area contributed by atoms with Gasteiger partial charge in [-0.25, -0.2) is 15.0 Å². The Morgan fingerprint density at radius 1 is 0.506 bits per heavy atom. The van der Waals surface area contributed by atoms with E-state index in [-0.39, 0.29) is 54.9 Å². The second-order valence-electron chi connectivity index (χ2n) is 25.4. The van der Waals surface area contributed by atoms with Crippen molar-refractivity contribution < 1.29 is 38.9 Å². The van der Waals surface area contributed by atoms with E-state index in [0.29, 0.717) is 62.2 Å². The number of amides is 2. The molecular weight excluding hydrogens is 1140 g/mol. The molecule has 0 saturated carbocycles. The van der Waals surface area contributed by atoms with E-state index in [0.717, 1.165) is 183 Å². The monoisotopic (exact) mass is 1240 g/mol. The number of benzene rings is 2. The molecule has 5 aromatic rings. The number of aromatic nitrogens is 3. The third-order valence-electron chi connectivity index (χ3n) is 19.4. The third kappa shape index (κ3) is 19.0. The first-order valence-corrected chi connectivity index (χ1v) is 32.8. The number of anilines is 5. The van der Waals surface area contributed by atoms with Gasteiger partial charge in [-0.15, -0.1) is 12.4 Å². The summed E-state index contributed by atoms with van der Waals surface area (Å²) in [4.78, 5) is 78.1. The van der Waals surface area contributed by atoms with E-state index in [1.165, 1.54) is 46.3 Å². The molecule has 0 radical (unpaired) electrons. The molecule has 2 saturated heterocycles. The summed E-state index contributed by atoms with van der Waals surface area (Å²) in [6.45, 7) is 7.78. The average molecular weight is 1240 g/mol. The number of rotatable bonds is 19. The first-order chi connectivity index (χ1) is 42.9. The van der Waals surface area contributed by atoms with Gasteiger partial charge in [0.2, 0.25) is 11.8 Å². The average Bonchev–Trinajstić information content (AvgIpc) is 3.76. The van der Waals surface area contributed by atoms with E-state index >= 15 is 0 Å². The number of fused-ring (bicyclic) bond motifs is 5. The predicted molar refractivity (Wildman–Crippen MR) is 351 cm³/mol. The Balaban J connectivity index is 0.000000171. The van der Waals surface area contributed by atoms with E-state index in [9.17, 15) is 29.1 Å². The van der Waals surface area contributed by atoms with Crippen LogP contribution in [0.5, 0.6) is 0 Å². The zero-order valence-electron chi connectivity index (χ0n) is 52.0. The highest BCUT2D eigenvalue weighted by atomic mass is 35.5. The maximum Gasteiger partial charge on any atom is 0.305 e. The van der Waals surface area contributed by atoms with Gasteiger partial charge in [0.1, 0.15) is 17.5 Å². The van der Waals surface area contributed by atoms with E-state index in [2.05, 4.69) is 98.3 Å². The van der Waals surface area contributed by atoms with Crippen molar-refractivity contribution in [2.45, 2.75) is 141 Å². The fourth-order valence-electron chi connectivity index (χ4n) is 14.2. The fraction of sp³-hybridized carbons (Fsp3) is 0.543. The Kier molecular flexibility index (Phi) is 24.3. The molecule has 7 N–H and O–H groups in total. The van der Waals surface area contributed by atoms with Crippen LogP contribution >= 0.6 is 12.4 Å². The van der Waals surface area contributed by atoms with Crippen molar-refractivity contribution in [3.63, 3.8) is 0 Å². The molecule has 18 nitrogen and oxygen atoms in total. The lowest BCUT2D eigenvalue weighted by Gasteiger charge is -2.37. The van der Waals surface area contributed by atoms with E-state index in [1.54, 1.807) is 0 Å². The minimum Gasteiger partial charge on any atom is -0.481 e. The molecule has 4 atom stereocenters. The molecule has 7 aliphatic heterocycles. The highest BCUT2D eigenvalue weighted by Gasteiger charge is 2.34. The number of nitrogens with zero attached hydrogens (tertiary/aromatic N) is 5. The van der Waals surface area contributed by atoms with Crippen LogP contribution in [0.15, 0.2) is 84.9 Å². The van der Waals surface area contributed by atoms with E-state index in [4.69, 9.17) is 19.8 Å². The SMILES string of the molecule is COC(=O)CC(CC1CCN(C(=O)CCc2ccc3c(n2)NCCC3)CC1)C1CNc2ccccc2C1.Cl.O=C(O)CC(CC1CCN(C(=O)CCc2ccc3c(n2)NCCC3)CC1)C1CNc2ccccc2C1.O=C(O)CCc1ccc2c(n1)NCCC2. The number of hydrogen-bond acceptors (Lipinski definition) is 14. The molecule has 2 fully saturated rings. The number of ether oxygens (including phenoxy) is 1. The number of aliphatic carboxylic acids is 2. The van der Waals surface area contributed by atoms with Crippen LogP contribution in [0, 0.1) is 35.5 Å². The molecule has 89 heavy (non-hydrogen) atoms. The van der Waals surface area contributed by atoms with Crippen LogP contribution in [0.3, 0.4) is 0 Å². The van der Waals surface area contributed by atoms with Gasteiger partial charge in [0, 0.05) is 119 Å². The van der Waals surface area contributed by atoms with E-state index < -0.39 is 11.9 Å². The van der Waals surface area contributed by atoms with Crippen molar-refractivity contribution in [2.24, 2.45) is 35.5 Å². The van der Waals surface area contributed by atoms with Crippen molar-refractivity contribution in [1.82, 2.24) is 24.8 Å². The molecule has 7 aliphatic rings. The van der Waals surface area contributed by atoms with Gasteiger partial charge in [0.15, 0.2) is 0 Å². The highest BCUT2D eigenvalue weighted by Crippen LogP contribution is 2.38. The van der Waals surface area contributed by atoms with Crippen LogP contribution in [0.4, 0.5) is 28.8 Å². The molecule has 2 aromatic carbocycles. The first kappa shape index (κ1) is 66.0. The molecule has 0 bridgehead atoms. The second kappa shape index (κ2) is 32.8. The van der Waals surface area contributed by atoms with Crippen LogP contribution in [0.1, 0.15) is 135 Å². The lowest BCUT2D eigenvalue weighted by molar-refractivity contribution is -0.142. The van der Waals surface area contributed by atoms with Gasteiger partial charge in [-0.2, -0.15) is 0 Å². The lowest BCUT2D eigenvalue weighted by Crippen LogP contribution is -2.40. The molecule has 0 aliphatic carbocycles. The molecule has 3 aromatic heterocycles. The van der Waals surface area contributed by atoms with Crippen molar-refractivity contribution in [3.05, 3.63) is 130 Å². The molecule has 10 heterocycles. The number of likely N-dealkylation sites (tertiary alicyclic amines) is 2. The molecule has 478 valence electrons. The van der Waals surface area contributed by atoms with Crippen LogP contribution in [0.25, 0.3) is 0 Å². The number of hydrogen-bond donors (Lipinski definition) is 7. The van der Waals surface area contributed by atoms with Crippen molar-refractivity contribution >= 4 is 71.0 Å². The Morgan fingerprint density at radius 2 is 0.899 bits per heavy atom. The normalized spacial score (nSPS) is 19.0. The number of halogens is 1. The number of nitrogens with one attached hydrogen (secondary N) is 5. The summed E-state index contributed by atoms with van der Waals surface area (Å²) in [6.07, 6.45) is 18.1. The maximum absolute atomic E-state index is 13.0. The Morgan fingerprint density at radius 3 is 1.29 bits per heavy atom. The highest BCUT2D eigenvalue weighted by molar-refractivity contribution is 5.85. The van der Waals surface area contributed by atoms with Crippen LogP contribution in [-0.4, -0.2) is 131 Å². The predicted octanol–water partition coefficient (Wildman–Crippen LogP) is 10.7. The minimum absolute atomic E-state index is 0. The minimum atomic E-state index is -0.775. The number of methoxy groups -OCH3 is 1. The van der Waals surface area contributed by atoms with Crippen molar-refractivity contribution in [2.75, 3.05) is 92.6 Å². The van der Waals surface area contributed by atoms with Gasteiger partial charge in [0.25, 0.3) is 0 Å². The lowest BCUT2D eigenvalue weighted by atomic mass is 9.75. The number of piperidine rings is 2. The zero-order valence-corrected chi connectivity index (χ0v) is 52.8. The van der Waals surface area contributed by atoms with E-state index in [1.807, 2.05) is 28.0 Å². The Labute approximate surface area is 531 Å². The molecule has 2 amide bonds. The first-order valence-electron chi connectivity index (χ1n) is 32.8. The number of carboxylic acids is 2. The standard InChI is InChI=1S/C30H40N4O3.C29H38N4O3.C11H14N2O2.ClH/c1-37-29(36)19-24(25-18-23-5-2-3-7-27(23)32-20-25)17-21-12-15-34(16-13-21)28(35)11-10-26-9-8-22-6-4-14-31-30(22)33-26;34-27(10-9-25-8-7-21-5-3-13-30-29(21)32-25)33-14-11-20(12-15-33)16-23(18-28(35)36)24-17-22-4-1-2-6-26(22)31-19-24;14-10(15)6-5-9-4-3-8-2-1-7-12-11(8)13-9;/h2-3,5,7-9,21,24-25,32H,4,6,10-20H2,1H3,(H,31,33);1-2,4,6-8,20,23-24,31H,3,5,9-19H2,(H,30,32)(H,35,36);3-4H,1-2,5-7H2,(H,12,13)(H,14,15);1H. The maximum atomic E-state index is 13.0. The largest absolute Gasteiger partial charge is 0.481 e. The summed E-state index contributed by atoms with van der Waals surface area (Å²) >= 11 is 0. The fourth-order valence-corrected chi connectivity index (χ4v) is 14.2. The van der Waals surface area contributed by atoms with Crippen molar-refractivity contribution in [3.8, 4) is 0 Å². The summed E-state index contributed by atoms with van der Waals surface area (Å²) in [7, 11) is 1.48. The Hall–Kier alpha value is -7.47. The molecule has 4 unspecified atom stereocenters. The van der Waals surface area contributed by atoms with Gasteiger partial charge >= 0.3 is 17.9 Å². The van der Waals surface area contributed by atoms with Gasteiger partial charge in [-0.1, -0.05) is 54.6 Å². The van der Waals surface area contributed by atoms with Crippen LogP contribution in [-0.2, 0) is 80.1 Å². The summed E-state index contributed by atoms with van der Waals surface area (Å²) < 4.78 is 5.05. The molecule has 12 rings (SSSR count). The number of carboxylic acid groups (broad SMARTS) is 2. The van der Waals surface area contributed by atoms with Crippen LogP contribution < -0.4 is 26.6 Å². The Bertz CT molecular complexity index is 3190. The summed E-state index contributed by atoms with van der Waals surface area (Å²) in [5.74, 6) is 3.92. The number of pyridine rings is 3. The smallest absolute Gasteiger partial charge is 0.305 e. The molecular formula is C70H93ClN10O8. The molecule has 19 heteroatoms. The summed E-state index contributed by atoms with van der Waals surface area (Å²) in [5, 5.41) is 35.2. The summed E-state index contributed by atoms with van der Waals surface area (Å²) in [6, 6.07) is 29.2. The second-order valence-corrected chi connectivity index (χ2v) is 25.4. The quantitative estimate of drug-likeness (QED) is 0.0380. The van der Waals surface area contributed by atoms with Gasteiger partial charge < -0.3 is 51.3 Å². The number of carbonyl (C=O) groups is 5. The van der Waals surface area contributed by atoms with Crippen molar-refractivity contribution in [1.29, 1.82) is 0 Å². The van der Waals surface area contributed by atoms with Gasteiger partial charge in [0.05, 0.1) is 13.5 Å². The third-order valence-corrected chi connectivity index (χ3v) is 19.4.